The van der Waals surface area contributed by atoms with Crippen LogP contribution in [0.15, 0.2) is 11.1 Å². The maximum Gasteiger partial charge on any atom is 0.345 e. The molecule has 0 aliphatic carbocycles. The van der Waals surface area contributed by atoms with E-state index in [0.717, 1.165) is 19.5 Å². The zero-order valence-corrected chi connectivity index (χ0v) is 7.03. The summed E-state index contributed by atoms with van der Waals surface area (Å²) in [7, 11) is 1.67. The van der Waals surface area contributed by atoms with E-state index in [4.69, 9.17) is 0 Å². The summed E-state index contributed by atoms with van der Waals surface area (Å²) in [6, 6.07) is 0.297. The van der Waals surface area contributed by atoms with Crippen molar-refractivity contribution in [3.05, 3.63) is 16.8 Å². The van der Waals surface area contributed by atoms with Crippen molar-refractivity contribution in [2.75, 3.05) is 13.1 Å². The van der Waals surface area contributed by atoms with Crippen molar-refractivity contribution in [3.8, 4) is 0 Å². The Labute approximate surface area is 70.0 Å². The van der Waals surface area contributed by atoms with Crippen LogP contribution in [0.3, 0.4) is 0 Å². The molecule has 0 unspecified atom stereocenters. The van der Waals surface area contributed by atoms with E-state index in [-0.39, 0.29) is 5.69 Å². The lowest BCUT2D eigenvalue weighted by molar-refractivity contribution is 0.522. The van der Waals surface area contributed by atoms with Gasteiger partial charge in [-0.3, -0.25) is 4.57 Å². The molecule has 0 aromatic carbocycles. The SMILES string of the molecule is Cn1ncn([C@@H]2CCNC2)c1=O. The molecular weight excluding hydrogens is 156 g/mol. The topological polar surface area (TPSA) is 51.9 Å². The van der Waals surface area contributed by atoms with Gasteiger partial charge in [-0.05, 0) is 13.0 Å². The third-order valence-electron chi connectivity index (χ3n) is 2.27. The Morgan fingerprint density at radius 3 is 3.08 bits per heavy atom. The summed E-state index contributed by atoms with van der Waals surface area (Å²) in [4.78, 5) is 11.4. The molecule has 1 N–H and O–H groups in total. The van der Waals surface area contributed by atoms with Crippen LogP contribution in [0.2, 0.25) is 0 Å². The first kappa shape index (κ1) is 7.54. The van der Waals surface area contributed by atoms with Gasteiger partial charge in [-0.1, -0.05) is 0 Å². The minimum atomic E-state index is -0.0244. The number of hydrogen-bond acceptors (Lipinski definition) is 3. The van der Waals surface area contributed by atoms with Gasteiger partial charge < -0.3 is 5.32 Å². The number of hydrogen-bond donors (Lipinski definition) is 1. The molecule has 2 rings (SSSR count). The molecule has 0 amide bonds. The molecule has 1 aromatic heterocycles. The predicted octanol–water partition coefficient (Wildman–Crippen LogP) is -0.884. The summed E-state index contributed by atoms with van der Waals surface area (Å²) in [5.74, 6) is 0. The minimum absolute atomic E-state index is 0.0244. The number of rotatable bonds is 1. The number of nitrogens with zero attached hydrogens (tertiary/aromatic N) is 3. The lowest BCUT2D eigenvalue weighted by atomic mass is 10.3. The van der Waals surface area contributed by atoms with Crippen LogP contribution in [-0.2, 0) is 7.05 Å². The Balaban J connectivity index is 2.33. The van der Waals surface area contributed by atoms with Gasteiger partial charge in [0.1, 0.15) is 6.33 Å². The highest BCUT2D eigenvalue weighted by molar-refractivity contribution is 4.81. The second-order valence-corrected chi connectivity index (χ2v) is 3.09. The van der Waals surface area contributed by atoms with Crippen molar-refractivity contribution in [3.63, 3.8) is 0 Å². The fourth-order valence-electron chi connectivity index (χ4n) is 1.53. The minimum Gasteiger partial charge on any atom is -0.315 e. The fourth-order valence-corrected chi connectivity index (χ4v) is 1.53. The summed E-state index contributed by atoms with van der Waals surface area (Å²) < 4.78 is 3.05. The molecule has 5 heteroatoms. The Kier molecular flexibility index (Phi) is 1.73. The third-order valence-corrected chi connectivity index (χ3v) is 2.27. The van der Waals surface area contributed by atoms with Gasteiger partial charge in [0.15, 0.2) is 0 Å². The molecule has 1 saturated heterocycles. The van der Waals surface area contributed by atoms with E-state index in [9.17, 15) is 4.79 Å². The second-order valence-electron chi connectivity index (χ2n) is 3.09. The van der Waals surface area contributed by atoms with E-state index in [1.54, 1.807) is 17.9 Å². The highest BCUT2D eigenvalue weighted by Crippen LogP contribution is 2.10. The molecule has 66 valence electrons. The lowest BCUT2D eigenvalue weighted by Crippen LogP contribution is -2.27. The van der Waals surface area contributed by atoms with E-state index in [1.165, 1.54) is 4.68 Å². The molecule has 2 heterocycles. The van der Waals surface area contributed by atoms with Crippen LogP contribution in [0.25, 0.3) is 0 Å². The molecule has 0 saturated carbocycles. The largest absolute Gasteiger partial charge is 0.345 e. The maximum atomic E-state index is 11.4. The third kappa shape index (κ3) is 1.06. The number of nitrogens with one attached hydrogen (secondary N) is 1. The van der Waals surface area contributed by atoms with Crippen molar-refractivity contribution in [2.24, 2.45) is 7.05 Å². The van der Waals surface area contributed by atoms with Crippen molar-refractivity contribution < 1.29 is 0 Å². The van der Waals surface area contributed by atoms with Crippen LogP contribution in [-0.4, -0.2) is 27.4 Å². The van der Waals surface area contributed by atoms with Gasteiger partial charge in [-0.15, -0.1) is 0 Å². The van der Waals surface area contributed by atoms with E-state index in [2.05, 4.69) is 10.4 Å². The maximum absolute atomic E-state index is 11.4. The Morgan fingerprint density at radius 1 is 1.75 bits per heavy atom. The van der Waals surface area contributed by atoms with Gasteiger partial charge >= 0.3 is 5.69 Å². The summed E-state index contributed by atoms with van der Waals surface area (Å²) in [5, 5.41) is 7.11. The zero-order valence-electron chi connectivity index (χ0n) is 7.03. The van der Waals surface area contributed by atoms with Crippen LogP contribution in [0.1, 0.15) is 12.5 Å². The van der Waals surface area contributed by atoms with Crippen molar-refractivity contribution >= 4 is 0 Å². The highest BCUT2D eigenvalue weighted by Gasteiger charge is 2.18. The second kappa shape index (κ2) is 2.75. The molecule has 1 aliphatic heterocycles. The van der Waals surface area contributed by atoms with E-state index >= 15 is 0 Å². The summed E-state index contributed by atoms with van der Waals surface area (Å²) in [6.45, 7) is 1.87. The van der Waals surface area contributed by atoms with E-state index in [1.807, 2.05) is 0 Å². The van der Waals surface area contributed by atoms with Crippen LogP contribution in [0.5, 0.6) is 0 Å². The Hall–Kier alpha value is -1.10. The van der Waals surface area contributed by atoms with Gasteiger partial charge in [0, 0.05) is 13.6 Å². The van der Waals surface area contributed by atoms with Gasteiger partial charge in [0.2, 0.25) is 0 Å². The smallest absolute Gasteiger partial charge is 0.315 e. The molecule has 0 bridgehead atoms. The average Bonchev–Trinajstić information content (AvgIpc) is 2.64. The molecule has 5 nitrogen and oxygen atoms in total. The van der Waals surface area contributed by atoms with Crippen molar-refractivity contribution in [1.82, 2.24) is 19.7 Å². The first-order valence-electron chi connectivity index (χ1n) is 4.10. The average molecular weight is 168 g/mol. The quantitative estimate of drug-likeness (QED) is 0.592. The molecule has 0 spiro atoms. The van der Waals surface area contributed by atoms with Crippen LogP contribution >= 0.6 is 0 Å². The molecule has 1 fully saturated rings. The predicted molar refractivity (Wildman–Crippen MR) is 44.0 cm³/mol. The lowest BCUT2D eigenvalue weighted by Gasteiger charge is -2.06. The summed E-state index contributed by atoms with van der Waals surface area (Å²) in [6.07, 6.45) is 2.63. The van der Waals surface area contributed by atoms with Crippen LogP contribution in [0.4, 0.5) is 0 Å². The summed E-state index contributed by atoms with van der Waals surface area (Å²) >= 11 is 0. The highest BCUT2D eigenvalue weighted by atomic mass is 16.2. The molecular formula is C7H12N4O. The zero-order chi connectivity index (χ0) is 8.55. The molecule has 0 radical (unpaired) electrons. The van der Waals surface area contributed by atoms with Crippen molar-refractivity contribution in [1.29, 1.82) is 0 Å². The normalized spacial score (nSPS) is 23.2. The molecule has 12 heavy (non-hydrogen) atoms. The number of aromatic nitrogens is 3. The van der Waals surface area contributed by atoms with Crippen LogP contribution in [0, 0.1) is 0 Å². The molecule has 1 aromatic rings. The first-order valence-corrected chi connectivity index (χ1v) is 4.10. The van der Waals surface area contributed by atoms with Gasteiger partial charge in [-0.25, -0.2) is 9.48 Å². The van der Waals surface area contributed by atoms with Gasteiger partial charge in [-0.2, -0.15) is 5.10 Å². The Bertz CT molecular complexity index is 320. The van der Waals surface area contributed by atoms with Gasteiger partial charge in [0.25, 0.3) is 0 Å². The molecule has 1 atom stereocenters. The monoisotopic (exact) mass is 168 g/mol. The first-order chi connectivity index (χ1) is 5.79. The van der Waals surface area contributed by atoms with Crippen molar-refractivity contribution in [2.45, 2.75) is 12.5 Å². The van der Waals surface area contributed by atoms with Gasteiger partial charge in [0.05, 0.1) is 6.04 Å². The Morgan fingerprint density at radius 2 is 2.58 bits per heavy atom. The van der Waals surface area contributed by atoms with E-state index < -0.39 is 0 Å². The molecule has 1 aliphatic rings. The number of aryl methyl sites for hydroxylation is 1. The standard InChI is InChI=1S/C7H12N4O/c1-10-7(12)11(5-9-10)6-2-3-8-4-6/h5-6,8H,2-4H2,1H3/t6-/m1/s1. The fraction of sp³-hybridized carbons (Fsp3) is 0.714. The van der Waals surface area contributed by atoms with Crippen LogP contribution < -0.4 is 11.0 Å². The summed E-state index contributed by atoms with van der Waals surface area (Å²) in [5.41, 5.74) is -0.0244. The van der Waals surface area contributed by atoms with E-state index in [0.29, 0.717) is 6.04 Å².